The largest absolute Gasteiger partial charge is 0.416 e. The number of fused-ring (bicyclic) bond motifs is 1. The molecule has 3 nitrogen and oxygen atoms in total. The molecule has 8 heteroatoms. The summed E-state index contributed by atoms with van der Waals surface area (Å²) in [4.78, 5) is 5.56. The molecular weight excluding hydrogens is 381 g/mol. The van der Waals surface area contributed by atoms with E-state index in [0.29, 0.717) is 38.2 Å². The molecule has 0 saturated carbocycles. The molecule has 2 aromatic carbocycles. The maximum Gasteiger partial charge on any atom is 0.416 e. The summed E-state index contributed by atoms with van der Waals surface area (Å²) in [5, 5.41) is 3.08. The van der Waals surface area contributed by atoms with E-state index < -0.39 is 22.5 Å². The van der Waals surface area contributed by atoms with Crippen LogP contribution in [0.5, 0.6) is 0 Å². The number of alkyl halides is 3. The number of nitrogens with zero attached hydrogens (tertiary/aromatic N) is 1. The van der Waals surface area contributed by atoms with E-state index in [-0.39, 0.29) is 6.54 Å². The number of rotatable bonds is 3. The Labute approximate surface area is 156 Å². The van der Waals surface area contributed by atoms with Crippen LogP contribution in [-0.4, -0.2) is 27.2 Å². The van der Waals surface area contributed by atoms with Gasteiger partial charge in [0.25, 0.3) is 0 Å². The summed E-state index contributed by atoms with van der Waals surface area (Å²) in [5.74, 6) is 0.418. The van der Waals surface area contributed by atoms with E-state index >= 15 is 0 Å². The van der Waals surface area contributed by atoms with Crippen molar-refractivity contribution in [3.63, 3.8) is 0 Å². The van der Waals surface area contributed by atoms with Crippen molar-refractivity contribution in [1.82, 2.24) is 0 Å². The predicted octanol–water partition coefficient (Wildman–Crippen LogP) is 4.42. The molecule has 1 atom stereocenters. The monoisotopic (exact) mass is 396 g/mol. The number of nitrogens with one attached hydrogen (secondary N) is 1. The summed E-state index contributed by atoms with van der Waals surface area (Å²) in [5.41, 5.74) is 1.55. The zero-order valence-corrected chi connectivity index (χ0v) is 15.4. The highest BCUT2D eigenvalue weighted by atomic mass is 32.2. The molecule has 1 N–H and O–H groups in total. The molecule has 0 aromatic heterocycles. The number of hydrogen-bond donors (Lipinski definition) is 1. The van der Waals surface area contributed by atoms with Crippen LogP contribution in [0.4, 0.5) is 18.9 Å². The van der Waals surface area contributed by atoms with Gasteiger partial charge in [0.1, 0.15) is 4.99 Å². The molecule has 0 radical (unpaired) electrons. The average Bonchev–Trinajstić information content (AvgIpc) is 2.78. The van der Waals surface area contributed by atoms with Crippen LogP contribution in [0.3, 0.4) is 0 Å². The minimum absolute atomic E-state index is 0.207. The molecule has 2 aromatic rings. The van der Waals surface area contributed by atoms with Gasteiger partial charge in [0.15, 0.2) is 0 Å². The number of halogens is 3. The third kappa shape index (κ3) is 3.71. The van der Waals surface area contributed by atoms with E-state index in [9.17, 15) is 17.4 Å². The van der Waals surface area contributed by atoms with E-state index in [1.54, 1.807) is 25.1 Å². The highest BCUT2D eigenvalue weighted by Gasteiger charge is 2.30. The Morgan fingerprint density at radius 1 is 1.19 bits per heavy atom. The van der Waals surface area contributed by atoms with Crippen molar-refractivity contribution in [2.75, 3.05) is 17.6 Å². The van der Waals surface area contributed by atoms with Crippen molar-refractivity contribution in [1.29, 1.82) is 0 Å². The summed E-state index contributed by atoms with van der Waals surface area (Å²) in [6.07, 6.45) is -4.40. The van der Waals surface area contributed by atoms with Crippen LogP contribution in [-0.2, 0) is 17.0 Å². The zero-order chi connectivity index (χ0) is 18.9. The van der Waals surface area contributed by atoms with Crippen LogP contribution in [0.2, 0.25) is 0 Å². The Balaban J connectivity index is 2.17. The van der Waals surface area contributed by atoms with Gasteiger partial charge in [-0.25, -0.2) is 0 Å². The fraction of sp³-hybridized carbons (Fsp3) is 0.222. The second-order valence-corrected chi connectivity index (χ2v) is 7.80. The molecule has 0 aliphatic carbocycles. The summed E-state index contributed by atoms with van der Waals surface area (Å²) in [6, 6.07) is 10.1. The molecule has 3 rings (SSSR count). The topological polar surface area (TPSA) is 41.5 Å². The Hall–Kier alpha value is -2.06. The zero-order valence-electron chi connectivity index (χ0n) is 13.8. The minimum atomic E-state index is -4.40. The van der Waals surface area contributed by atoms with Gasteiger partial charge in [0, 0.05) is 22.6 Å². The van der Waals surface area contributed by atoms with Crippen LogP contribution in [0.1, 0.15) is 23.6 Å². The number of benzene rings is 2. The third-order valence-corrected chi connectivity index (χ3v) is 5.50. The first kappa shape index (κ1) is 18.7. The van der Waals surface area contributed by atoms with Crippen LogP contribution >= 0.6 is 12.2 Å². The van der Waals surface area contributed by atoms with Crippen LogP contribution < -0.4 is 5.32 Å². The van der Waals surface area contributed by atoms with Gasteiger partial charge in [-0.2, -0.15) is 13.2 Å². The standard InChI is InChI=1S/C18H15F3N2OS2/c1-2-26(24)14-5-3-4-13-16(14)17(22-10-15(25)23-13)11-6-8-12(9-7-11)18(19,20)21/h3-9H,2,10H2,1H3,(H,23,25). The first-order chi connectivity index (χ1) is 12.3. The summed E-state index contributed by atoms with van der Waals surface area (Å²) in [7, 11) is -1.26. The van der Waals surface area contributed by atoms with Gasteiger partial charge in [0.2, 0.25) is 0 Å². The molecule has 1 heterocycles. The lowest BCUT2D eigenvalue weighted by molar-refractivity contribution is -0.137. The number of benzodiazepines with no additional fused rings is 1. The third-order valence-electron chi connectivity index (χ3n) is 3.91. The van der Waals surface area contributed by atoms with Crippen molar-refractivity contribution in [3.05, 3.63) is 59.2 Å². The van der Waals surface area contributed by atoms with Gasteiger partial charge in [-0.05, 0) is 24.3 Å². The second-order valence-electron chi connectivity index (χ2n) is 5.60. The van der Waals surface area contributed by atoms with E-state index in [1.165, 1.54) is 12.1 Å². The summed E-state index contributed by atoms with van der Waals surface area (Å²) in [6.45, 7) is 2.01. The minimum Gasteiger partial charge on any atom is -0.348 e. The number of aliphatic imine (C=N–C) groups is 1. The van der Waals surface area contributed by atoms with E-state index in [0.717, 1.165) is 12.1 Å². The molecule has 26 heavy (non-hydrogen) atoms. The van der Waals surface area contributed by atoms with Crippen LogP contribution in [0, 0.1) is 0 Å². The first-order valence-electron chi connectivity index (χ1n) is 7.85. The molecule has 1 aliphatic rings. The van der Waals surface area contributed by atoms with E-state index in [1.807, 2.05) is 0 Å². The maximum absolute atomic E-state index is 12.8. The lowest BCUT2D eigenvalue weighted by Crippen LogP contribution is -2.13. The summed E-state index contributed by atoms with van der Waals surface area (Å²) < 4.78 is 51.0. The molecule has 136 valence electrons. The number of hydrogen-bond acceptors (Lipinski definition) is 3. The van der Waals surface area contributed by atoms with Crippen molar-refractivity contribution in [2.24, 2.45) is 4.99 Å². The van der Waals surface area contributed by atoms with Crippen molar-refractivity contribution in [2.45, 2.75) is 18.0 Å². The van der Waals surface area contributed by atoms with Crippen LogP contribution in [0.15, 0.2) is 52.4 Å². The molecule has 1 aliphatic heterocycles. The van der Waals surface area contributed by atoms with Gasteiger partial charge >= 0.3 is 6.18 Å². The lowest BCUT2D eigenvalue weighted by Gasteiger charge is -2.15. The number of anilines is 1. The highest BCUT2D eigenvalue weighted by molar-refractivity contribution is 7.85. The highest BCUT2D eigenvalue weighted by Crippen LogP contribution is 2.32. The number of thiocarbonyl (C=S) groups is 1. The average molecular weight is 396 g/mol. The molecular formula is C18H15F3N2OS2. The molecule has 0 saturated heterocycles. The summed E-state index contributed by atoms with van der Waals surface area (Å²) >= 11 is 5.24. The lowest BCUT2D eigenvalue weighted by atomic mass is 9.99. The molecule has 0 bridgehead atoms. The fourth-order valence-electron chi connectivity index (χ4n) is 2.70. The smallest absolute Gasteiger partial charge is 0.348 e. The maximum atomic E-state index is 12.8. The predicted molar refractivity (Wildman–Crippen MR) is 102 cm³/mol. The molecule has 1 unspecified atom stereocenters. The van der Waals surface area contributed by atoms with Crippen molar-refractivity contribution in [3.8, 4) is 0 Å². The van der Waals surface area contributed by atoms with E-state index in [4.69, 9.17) is 12.2 Å². The normalized spacial score (nSPS) is 15.5. The van der Waals surface area contributed by atoms with Crippen molar-refractivity contribution < 1.29 is 17.4 Å². The van der Waals surface area contributed by atoms with Gasteiger partial charge in [0.05, 0.1) is 33.5 Å². The second kappa shape index (κ2) is 7.28. The fourth-order valence-corrected chi connectivity index (χ4v) is 3.85. The Morgan fingerprint density at radius 2 is 1.88 bits per heavy atom. The van der Waals surface area contributed by atoms with Gasteiger partial charge < -0.3 is 5.32 Å². The SMILES string of the molecule is CCS(=O)c1cccc2c1C(c1ccc(C(F)(F)F)cc1)=NCC(=S)N2. The van der Waals surface area contributed by atoms with E-state index in [2.05, 4.69) is 10.3 Å². The Bertz CT molecular complexity index is 906. The van der Waals surface area contributed by atoms with Gasteiger partial charge in [-0.15, -0.1) is 0 Å². The first-order valence-corrected chi connectivity index (χ1v) is 9.57. The Kier molecular flexibility index (Phi) is 5.24. The Morgan fingerprint density at radius 3 is 2.50 bits per heavy atom. The van der Waals surface area contributed by atoms with Gasteiger partial charge in [-0.1, -0.05) is 37.3 Å². The molecule has 0 spiro atoms. The quantitative estimate of drug-likeness (QED) is 0.781. The van der Waals surface area contributed by atoms with Crippen LogP contribution in [0.25, 0.3) is 0 Å². The van der Waals surface area contributed by atoms with Gasteiger partial charge in [-0.3, -0.25) is 9.20 Å². The molecule has 0 amide bonds. The van der Waals surface area contributed by atoms with Crippen molar-refractivity contribution >= 4 is 39.4 Å². The molecule has 0 fully saturated rings.